The summed E-state index contributed by atoms with van der Waals surface area (Å²) >= 11 is 2.23. The number of primary amides is 1. The van der Waals surface area contributed by atoms with E-state index in [4.69, 9.17) is 10.5 Å². The summed E-state index contributed by atoms with van der Waals surface area (Å²) in [6.45, 7) is 0. The summed E-state index contributed by atoms with van der Waals surface area (Å²) in [6, 6.07) is 14.4. The van der Waals surface area contributed by atoms with Crippen LogP contribution in [0.2, 0.25) is 0 Å². The molecule has 86 valence electrons. The van der Waals surface area contributed by atoms with Crippen LogP contribution in [0.5, 0.6) is 11.5 Å². The van der Waals surface area contributed by atoms with Crippen LogP contribution in [0.1, 0.15) is 10.4 Å². The smallest absolute Gasteiger partial charge is 0.248 e. The van der Waals surface area contributed by atoms with Crippen molar-refractivity contribution in [2.75, 3.05) is 0 Å². The van der Waals surface area contributed by atoms with Gasteiger partial charge in [-0.05, 0) is 71.1 Å². The number of nitrogens with two attached hydrogens (primary N) is 1. The summed E-state index contributed by atoms with van der Waals surface area (Å²) < 4.78 is 6.76. The first-order chi connectivity index (χ1) is 8.15. The molecule has 2 N–H and O–H groups in total. The van der Waals surface area contributed by atoms with Crippen LogP contribution in [0.3, 0.4) is 0 Å². The van der Waals surface area contributed by atoms with Crippen LogP contribution < -0.4 is 10.5 Å². The average Bonchev–Trinajstić information content (AvgIpc) is 2.33. The molecule has 2 aromatic carbocycles. The third-order valence-corrected chi connectivity index (χ3v) is 2.91. The number of carbonyl (C=O) groups is 1. The molecule has 2 rings (SSSR count). The Balaban J connectivity index is 2.13. The zero-order valence-corrected chi connectivity index (χ0v) is 11.0. The Bertz CT molecular complexity index is 520. The summed E-state index contributed by atoms with van der Waals surface area (Å²) in [5.41, 5.74) is 5.62. The minimum atomic E-state index is -0.439. The van der Waals surface area contributed by atoms with Crippen LogP contribution in [-0.2, 0) is 0 Å². The molecule has 0 aliphatic heterocycles. The highest BCUT2D eigenvalue weighted by molar-refractivity contribution is 14.1. The van der Waals surface area contributed by atoms with Gasteiger partial charge in [0.25, 0.3) is 0 Å². The lowest BCUT2D eigenvalue weighted by molar-refractivity contribution is 0.100. The van der Waals surface area contributed by atoms with Gasteiger partial charge in [-0.3, -0.25) is 4.79 Å². The topological polar surface area (TPSA) is 52.3 Å². The van der Waals surface area contributed by atoms with Gasteiger partial charge in [0.15, 0.2) is 0 Å². The van der Waals surface area contributed by atoms with E-state index in [2.05, 4.69) is 22.6 Å². The van der Waals surface area contributed by atoms with E-state index in [-0.39, 0.29) is 0 Å². The Morgan fingerprint density at radius 2 is 1.41 bits per heavy atom. The van der Waals surface area contributed by atoms with E-state index in [9.17, 15) is 4.79 Å². The molecular weight excluding hydrogens is 329 g/mol. The number of benzene rings is 2. The van der Waals surface area contributed by atoms with Crippen LogP contribution in [0, 0.1) is 3.57 Å². The predicted molar refractivity (Wildman–Crippen MR) is 74.2 cm³/mol. The van der Waals surface area contributed by atoms with Crippen LogP contribution in [0.25, 0.3) is 0 Å². The molecule has 0 unspecified atom stereocenters. The number of hydrogen-bond acceptors (Lipinski definition) is 2. The fourth-order valence-corrected chi connectivity index (χ4v) is 1.69. The van der Waals surface area contributed by atoms with Crippen molar-refractivity contribution >= 4 is 28.5 Å². The maximum absolute atomic E-state index is 10.9. The second-order valence-corrected chi connectivity index (χ2v) is 4.69. The second kappa shape index (κ2) is 5.18. The van der Waals surface area contributed by atoms with E-state index >= 15 is 0 Å². The zero-order valence-electron chi connectivity index (χ0n) is 8.89. The maximum atomic E-state index is 10.9. The van der Waals surface area contributed by atoms with Gasteiger partial charge in [0.05, 0.1) is 0 Å². The fourth-order valence-electron chi connectivity index (χ4n) is 1.33. The molecule has 17 heavy (non-hydrogen) atoms. The third-order valence-electron chi connectivity index (χ3n) is 2.19. The van der Waals surface area contributed by atoms with Gasteiger partial charge in [-0.2, -0.15) is 0 Å². The number of hydrogen-bond donors (Lipinski definition) is 1. The van der Waals surface area contributed by atoms with Crippen molar-refractivity contribution in [3.05, 3.63) is 57.7 Å². The Labute approximate surface area is 113 Å². The Morgan fingerprint density at radius 1 is 0.941 bits per heavy atom. The molecule has 0 atom stereocenters. The highest BCUT2D eigenvalue weighted by Gasteiger charge is 2.01. The van der Waals surface area contributed by atoms with Gasteiger partial charge in [-0.1, -0.05) is 0 Å². The average molecular weight is 339 g/mol. The van der Waals surface area contributed by atoms with Gasteiger partial charge in [-0.25, -0.2) is 0 Å². The predicted octanol–water partition coefficient (Wildman–Crippen LogP) is 3.18. The molecule has 0 saturated carbocycles. The highest BCUT2D eigenvalue weighted by atomic mass is 127. The standard InChI is InChI=1S/C13H10INO2/c14-10-3-7-12(8-4-10)17-11-5-1-9(2-6-11)13(15)16/h1-8H,(H2,15,16). The molecule has 0 spiro atoms. The van der Waals surface area contributed by atoms with Gasteiger partial charge in [0.1, 0.15) is 11.5 Å². The maximum Gasteiger partial charge on any atom is 0.248 e. The molecule has 0 fully saturated rings. The number of ether oxygens (including phenoxy) is 1. The van der Waals surface area contributed by atoms with Gasteiger partial charge in [-0.15, -0.1) is 0 Å². The van der Waals surface area contributed by atoms with E-state index < -0.39 is 5.91 Å². The molecule has 0 radical (unpaired) electrons. The molecule has 1 amide bonds. The van der Waals surface area contributed by atoms with E-state index in [1.807, 2.05) is 24.3 Å². The monoisotopic (exact) mass is 339 g/mol. The van der Waals surface area contributed by atoms with Crippen LogP contribution in [0.15, 0.2) is 48.5 Å². The molecule has 0 heterocycles. The van der Waals surface area contributed by atoms with Crippen molar-refractivity contribution in [1.82, 2.24) is 0 Å². The minimum absolute atomic E-state index is 0.439. The molecule has 4 heteroatoms. The number of amides is 1. The number of halogens is 1. The van der Waals surface area contributed by atoms with Gasteiger partial charge >= 0.3 is 0 Å². The molecule has 0 bridgehead atoms. The quantitative estimate of drug-likeness (QED) is 0.874. The summed E-state index contributed by atoms with van der Waals surface area (Å²) in [5.74, 6) is 0.999. The van der Waals surface area contributed by atoms with E-state index in [0.717, 1.165) is 9.32 Å². The summed E-state index contributed by atoms with van der Waals surface area (Å²) in [5, 5.41) is 0. The second-order valence-electron chi connectivity index (χ2n) is 3.44. The molecule has 0 aromatic heterocycles. The van der Waals surface area contributed by atoms with Gasteiger partial charge in [0, 0.05) is 9.13 Å². The van der Waals surface area contributed by atoms with Crippen molar-refractivity contribution in [3.8, 4) is 11.5 Å². The van der Waals surface area contributed by atoms with Crippen LogP contribution in [-0.4, -0.2) is 5.91 Å². The van der Waals surface area contributed by atoms with Gasteiger partial charge < -0.3 is 10.5 Å². The third kappa shape index (κ3) is 3.20. The first kappa shape index (κ1) is 11.9. The molecular formula is C13H10INO2. The SMILES string of the molecule is NC(=O)c1ccc(Oc2ccc(I)cc2)cc1. The van der Waals surface area contributed by atoms with E-state index in [0.29, 0.717) is 11.3 Å². The van der Waals surface area contributed by atoms with Crippen LogP contribution in [0.4, 0.5) is 0 Å². The fraction of sp³-hybridized carbons (Fsp3) is 0. The Kier molecular flexibility index (Phi) is 3.63. The Morgan fingerprint density at radius 3 is 1.88 bits per heavy atom. The highest BCUT2D eigenvalue weighted by Crippen LogP contribution is 2.22. The lowest BCUT2D eigenvalue weighted by Gasteiger charge is -2.05. The van der Waals surface area contributed by atoms with Crippen molar-refractivity contribution < 1.29 is 9.53 Å². The Hall–Kier alpha value is -1.56. The largest absolute Gasteiger partial charge is 0.457 e. The van der Waals surface area contributed by atoms with Crippen molar-refractivity contribution in [2.45, 2.75) is 0 Å². The van der Waals surface area contributed by atoms with Crippen molar-refractivity contribution in [1.29, 1.82) is 0 Å². The normalized spacial score (nSPS) is 9.94. The zero-order chi connectivity index (χ0) is 12.3. The molecule has 0 saturated heterocycles. The molecule has 3 nitrogen and oxygen atoms in total. The lowest BCUT2D eigenvalue weighted by Crippen LogP contribution is -2.10. The number of rotatable bonds is 3. The molecule has 0 aliphatic carbocycles. The van der Waals surface area contributed by atoms with Crippen molar-refractivity contribution in [2.24, 2.45) is 5.73 Å². The minimum Gasteiger partial charge on any atom is -0.457 e. The molecule has 0 aliphatic rings. The first-order valence-corrected chi connectivity index (χ1v) is 6.06. The lowest BCUT2D eigenvalue weighted by atomic mass is 10.2. The summed E-state index contributed by atoms with van der Waals surface area (Å²) in [4.78, 5) is 10.9. The first-order valence-electron chi connectivity index (χ1n) is 4.98. The molecule has 2 aromatic rings. The van der Waals surface area contributed by atoms with E-state index in [1.165, 1.54) is 0 Å². The number of carbonyl (C=O) groups excluding carboxylic acids is 1. The van der Waals surface area contributed by atoms with Crippen LogP contribution >= 0.6 is 22.6 Å². The summed E-state index contributed by atoms with van der Waals surface area (Å²) in [6.07, 6.45) is 0. The van der Waals surface area contributed by atoms with Gasteiger partial charge in [0.2, 0.25) is 5.91 Å². The van der Waals surface area contributed by atoms with Crippen molar-refractivity contribution in [3.63, 3.8) is 0 Å². The van der Waals surface area contributed by atoms with E-state index in [1.54, 1.807) is 24.3 Å². The summed E-state index contributed by atoms with van der Waals surface area (Å²) in [7, 11) is 0.